The first-order valence-corrected chi connectivity index (χ1v) is 7.32. The van der Waals surface area contributed by atoms with Gasteiger partial charge in [-0.3, -0.25) is 4.79 Å². The minimum Gasteiger partial charge on any atom is -0.465 e. The summed E-state index contributed by atoms with van der Waals surface area (Å²) in [5, 5.41) is 8.87. The fourth-order valence-electron chi connectivity index (χ4n) is 1.96. The van der Waals surface area contributed by atoms with Gasteiger partial charge in [-0.2, -0.15) is 5.26 Å². The number of carbonyl (C=O) groups excluding carboxylic acids is 1. The van der Waals surface area contributed by atoms with E-state index in [0.29, 0.717) is 13.0 Å². The molecule has 0 saturated carbocycles. The van der Waals surface area contributed by atoms with Crippen molar-refractivity contribution in [2.24, 2.45) is 5.92 Å². The van der Waals surface area contributed by atoms with Crippen LogP contribution in [0.4, 0.5) is 0 Å². The molecule has 0 aromatic heterocycles. The lowest BCUT2D eigenvalue weighted by Gasteiger charge is -2.07. The van der Waals surface area contributed by atoms with Gasteiger partial charge in [0.15, 0.2) is 0 Å². The fourth-order valence-corrected chi connectivity index (χ4v) is 1.96. The molecule has 1 atom stereocenters. The summed E-state index contributed by atoms with van der Waals surface area (Å²) in [4.78, 5) is 11.4. The molecule has 3 nitrogen and oxygen atoms in total. The minimum atomic E-state index is -0.565. The van der Waals surface area contributed by atoms with Crippen LogP contribution in [0.1, 0.15) is 71.6 Å². The monoisotopic (exact) mass is 253 g/mol. The summed E-state index contributed by atoms with van der Waals surface area (Å²) in [6.07, 6.45) is 10.5. The molecule has 0 heterocycles. The van der Waals surface area contributed by atoms with Crippen LogP contribution < -0.4 is 0 Å². The van der Waals surface area contributed by atoms with Crippen LogP contribution in [0, 0.1) is 17.2 Å². The first-order valence-electron chi connectivity index (χ1n) is 7.32. The molecule has 0 aliphatic heterocycles. The lowest BCUT2D eigenvalue weighted by molar-refractivity contribution is -0.146. The molecular formula is C15H27NO2. The summed E-state index contributed by atoms with van der Waals surface area (Å²) in [6.45, 7) is 4.34. The highest BCUT2D eigenvalue weighted by molar-refractivity contribution is 5.75. The quantitative estimate of drug-likeness (QED) is 0.409. The van der Waals surface area contributed by atoms with Gasteiger partial charge >= 0.3 is 5.97 Å². The molecule has 0 unspecified atom stereocenters. The average Bonchev–Trinajstić information content (AvgIpc) is 2.37. The SMILES string of the molecule is CCCCCCCCCC[C@@H](C#N)C(=O)OCC. The summed E-state index contributed by atoms with van der Waals surface area (Å²) < 4.78 is 4.86. The van der Waals surface area contributed by atoms with Crippen LogP contribution in [0.2, 0.25) is 0 Å². The first-order chi connectivity index (χ1) is 8.76. The van der Waals surface area contributed by atoms with Gasteiger partial charge in [-0.1, -0.05) is 58.3 Å². The van der Waals surface area contributed by atoms with Crippen molar-refractivity contribution in [1.82, 2.24) is 0 Å². The predicted molar refractivity (Wildman–Crippen MR) is 73.0 cm³/mol. The van der Waals surface area contributed by atoms with Gasteiger partial charge in [0.05, 0.1) is 12.7 Å². The Morgan fingerprint density at radius 1 is 1.06 bits per heavy atom. The van der Waals surface area contributed by atoms with Crippen molar-refractivity contribution in [2.75, 3.05) is 6.61 Å². The Bertz CT molecular complexity index is 245. The van der Waals surface area contributed by atoms with Gasteiger partial charge in [-0.15, -0.1) is 0 Å². The van der Waals surface area contributed by atoms with E-state index in [9.17, 15) is 4.79 Å². The van der Waals surface area contributed by atoms with Crippen LogP contribution in [-0.2, 0) is 9.53 Å². The first kappa shape index (κ1) is 17.0. The predicted octanol–water partition coefficient (Wildman–Crippen LogP) is 4.22. The smallest absolute Gasteiger partial charge is 0.323 e. The standard InChI is InChI=1S/C15H27NO2/c1-3-5-6-7-8-9-10-11-12-14(13-16)15(17)18-4-2/h14H,3-12H2,1-2H3/t14-/m0/s1. The average molecular weight is 253 g/mol. The Balaban J connectivity index is 3.46. The Morgan fingerprint density at radius 2 is 1.61 bits per heavy atom. The highest BCUT2D eigenvalue weighted by Crippen LogP contribution is 2.14. The van der Waals surface area contributed by atoms with Crippen molar-refractivity contribution >= 4 is 5.97 Å². The molecule has 0 bridgehead atoms. The molecule has 0 radical (unpaired) electrons. The van der Waals surface area contributed by atoms with Crippen molar-refractivity contribution in [2.45, 2.75) is 71.6 Å². The normalized spacial score (nSPS) is 11.8. The zero-order valence-corrected chi connectivity index (χ0v) is 11.9. The Hall–Kier alpha value is -1.04. The van der Waals surface area contributed by atoms with Gasteiger partial charge in [-0.25, -0.2) is 0 Å². The summed E-state index contributed by atoms with van der Waals surface area (Å²) in [5.74, 6) is -0.923. The molecule has 18 heavy (non-hydrogen) atoms. The Kier molecular flexibility index (Phi) is 11.7. The molecule has 0 spiro atoms. The van der Waals surface area contributed by atoms with Crippen LogP contribution in [0.5, 0.6) is 0 Å². The van der Waals surface area contributed by atoms with Crippen molar-refractivity contribution in [1.29, 1.82) is 5.26 Å². The highest BCUT2D eigenvalue weighted by Gasteiger charge is 2.17. The Labute approximate surface area is 112 Å². The van der Waals surface area contributed by atoms with Crippen molar-refractivity contribution in [3.05, 3.63) is 0 Å². The number of esters is 1. The second-order valence-corrected chi connectivity index (χ2v) is 4.70. The summed E-state index contributed by atoms with van der Waals surface area (Å²) in [7, 11) is 0. The van der Waals surface area contributed by atoms with E-state index in [2.05, 4.69) is 6.92 Å². The molecule has 0 rings (SSSR count). The van der Waals surface area contributed by atoms with Crippen LogP contribution in [0.15, 0.2) is 0 Å². The Morgan fingerprint density at radius 3 is 2.11 bits per heavy atom. The summed E-state index contributed by atoms with van der Waals surface area (Å²) in [6, 6.07) is 2.03. The van der Waals surface area contributed by atoms with Gasteiger partial charge in [0.25, 0.3) is 0 Å². The molecule has 0 fully saturated rings. The van der Waals surface area contributed by atoms with Gasteiger partial charge in [0.1, 0.15) is 5.92 Å². The van der Waals surface area contributed by atoms with E-state index >= 15 is 0 Å². The van der Waals surface area contributed by atoms with Crippen LogP contribution in [-0.4, -0.2) is 12.6 Å². The summed E-state index contributed by atoms with van der Waals surface area (Å²) >= 11 is 0. The number of carbonyl (C=O) groups is 1. The number of nitrogens with zero attached hydrogens (tertiary/aromatic N) is 1. The third-order valence-electron chi connectivity index (χ3n) is 3.07. The van der Waals surface area contributed by atoms with E-state index in [-0.39, 0.29) is 5.97 Å². The maximum Gasteiger partial charge on any atom is 0.323 e. The van der Waals surface area contributed by atoms with E-state index < -0.39 is 5.92 Å². The van der Waals surface area contributed by atoms with E-state index in [1.807, 2.05) is 6.07 Å². The molecule has 0 amide bonds. The van der Waals surface area contributed by atoms with Crippen molar-refractivity contribution in [3.8, 4) is 6.07 Å². The second kappa shape index (κ2) is 12.4. The maximum absolute atomic E-state index is 11.4. The molecule has 3 heteroatoms. The lowest BCUT2D eigenvalue weighted by atomic mass is 10.0. The highest BCUT2D eigenvalue weighted by atomic mass is 16.5. The van der Waals surface area contributed by atoms with E-state index in [1.54, 1.807) is 6.92 Å². The third-order valence-corrected chi connectivity index (χ3v) is 3.07. The van der Waals surface area contributed by atoms with E-state index in [4.69, 9.17) is 10.00 Å². The number of ether oxygens (including phenoxy) is 1. The fraction of sp³-hybridized carbons (Fsp3) is 0.867. The summed E-state index contributed by atoms with van der Waals surface area (Å²) in [5.41, 5.74) is 0. The number of nitriles is 1. The van der Waals surface area contributed by atoms with Crippen molar-refractivity contribution in [3.63, 3.8) is 0 Å². The topological polar surface area (TPSA) is 50.1 Å². The molecule has 0 aromatic rings. The number of rotatable bonds is 11. The molecule has 0 N–H and O–H groups in total. The van der Waals surface area contributed by atoms with E-state index in [0.717, 1.165) is 12.8 Å². The van der Waals surface area contributed by atoms with Crippen LogP contribution >= 0.6 is 0 Å². The molecule has 0 saturated heterocycles. The molecule has 0 aliphatic carbocycles. The van der Waals surface area contributed by atoms with Gasteiger partial charge in [-0.05, 0) is 13.3 Å². The van der Waals surface area contributed by atoms with Crippen molar-refractivity contribution < 1.29 is 9.53 Å². The minimum absolute atomic E-state index is 0.356. The molecular weight excluding hydrogens is 226 g/mol. The zero-order valence-electron chi connectivity index (χ0n) is 11.9. The second-order valence-electron chi connectivity index (χ2n) is 4.70. The number of unbranched alkanes of at least 4 members (excludes halogenated alkanes) is 7. The maximum atomic E-state index is 11.4. The van der Waals surface area contributed by atoms with E-state index in [1.165, 1.54) is 38.5 Å². The van der Waals surface area contributed by atoms with Gasteiger partial charge in [0, 0.05) is 0 Å². The van der Waals surface area contributed by atoms with Crippen LogP contribution in [0.25, 0.3) is 0 Å². The molecule has 104 valence electrons. The van der Waals surface area contributed by atoms with Gasteiger partial charge < -0.3 is 4.74 Å². The number of hydrogen-bond acceptors (Lipinski definition) is 3. The largest absolute Gasteiger partial charge is 0.465 e. The van der Waals surface area contributed by atoms with Gasteiger partial charge in [0.2, 0.25) is 0 Å². The molecule has 0 aliphatic rings. The third kappa shape index (κ3) is 9.04. The lowest BCUT2D eigenvalue weighted by Crippen LogP contribution is -2.16. The molecule has 0 aromatic carbocycles. The van der Waals surface area contributed by atoms with Crippen LogP contribution in [0.3, 0.4) is 0 Å². The number of hydrogen-bond donors (Lipinski definition) is 0. The zero-order chi connectivity index (χ0) is 13.6.